The SMILES string of the molecule is NC(=O)c1cc(Nc2nc(N3CCC[C@H]3C(=O)Cc3nccs3)nn3cccc23)n[nH]1. The molecule has 1 fully saturated rings. The Morgan fingerprint density at radius 1 is 1.39 bits per heavy atom. The van der Waals surface area contributed by atoms with Gasteiger partial charge in [-0.2, -0.15) is 10.1 Å². The van der Waals surface area contributed by atoms with Crippen LogP contribution < -0.4 is 16.0 Å². The van der Waals surface area contributed by atoms with Crippen molar-refractivity contribution in [3.8, 4) is 0 Å². The van der Waals surface area contributed by atoms with E-state index in [0.29, 0.717) is 30.5 Å². The monoisotopic (exact) mass is 437 g/mol. The third-order valence-electron chi connectivity index (χ3n) is 5.16. The second-order valence-electron chi connectivity index (χ2n) is 7.17. The average Bonchev–Trinajstić information content (AvgIpc) is 3.53. The highest BCUT2D eigenvalue weighted by atomic mass is 32.1. The van der Waals surface area contributed by atoms with Crippen molar-refractivity contribution < 1.29 is 9.59 Å². The minimum Gasteiger partial charge on any atom is -0.364 e. The lowest BCUT2D eigenvalue weighted by molar-refractivity contribution is -0.119. The molecule has 1 atom stereocenters. The molecule has 1 aliphatic rings. The van der Waals surface area contributed by atoms with E-state index >= 15 is 0 Å². The molecule has 1 aliphatic heterocycles. The van der Waals surface area contributed by atoms with Gasteiger partial charge in [0.2, 0.25) is 5.95 Å². The zero-order chi connectivity index (χ0) is 21.4. The molecule has 1 saturated heterocycles. The Bertz CT molecular complexity index is 1250. The molecular formula is C19H19N9O2S. The maximum atomic E-state index is 12.9. The van der Waals surface area contributed by atoms with Gasteiger partial charge in [0.1, 0.15) is 11.2 Å². The molecule has 11 nitrogen and oxygen atoms in total. The first-order chi connectivity index (χ1) is 15.1. The molecule has 158 valence electrons. The molecule has 5 heterocycles. The summed E-state index contributed by atoms with van der Waals surface area (Å²) in [6.45, 7) is 0.689. The fourth-order valence-corrected chi connectivity index (χ4v) is 4.34. The Kier molecular flexibility index (Phi) is 4.82. The van der Waals surface area contributed by atoms with E-state index in [1.54, 1.807) is 10.7 Å². The summed E-state index contributed by atoms with van der Waals surface area (Å²) in [5.74, 6) is 0.869. The third kappa shape index (κ3) is 3.72. The van der Waals surface area contributed by atoms with Crippen molar-refractivity contribution in [3.05, 3.63) is 46.7 Å². The number of fused-ring (bicyclic) bond motifs is 1. The van der Waals surface area contributed by atoms with Crippen LogP contribution in [0.5, 0.6) is 0 Å². The molecule has 0 unspecified atom stereocenters. The number of rotatable bonds is 7. The van der Waals surface area contributed by atoms with Crippen LogP contribution in [0.1, 0.15) is 28.3 Å². The summed E-state index contributed by atoms with van der Waals surface area (Å²) >= 11 is 1.48. The number of anilines is 3. The first-order valence-corrected chi connectivity index (χ1v) is 10.6. The van der Waals surface area contributed by atoms with Crippen molar-refractivity contribution in [1.82, 2.24) is 29.8 Å². The van der Waals surface area contributed by atoms with Crippen LogP contribution in [0, 0.1) is 0 Å². The number of hydrogen-bond acceptors (Lipinski definition) is 9. The first-order valence-electron chi connectivity index (χ1n) is 9.74. The van der Waals surface area contributed by atoms with Crippen molar-refractivity contribution in [3.63, 3.8) is 0 Å². The van der Waals surface area contributed by atoms with Gasteiger partial charge in [-0.1, -0.05) is 0 Å². The van der Waals surface area contributed by atoms with Crippen LogP contribution in [0.25, 0.3) is 5.52 Å². The molecular weight excluding hydrogens is 418 g/mol. The summed E-state index contributed by atoms with van der Waals surface area (Å²) in [4.78, 5) is 35.1. The average molecular weight is 437 g/mol. The van der Waals surface area contributed by atoms with Crippen LogP contribution in [-0.4, -0.2) is 54.1 Å². The molecule has 1 amide bonds. The number of carbonyl (C=O) groups is 2. The number of aromatic nitrogens is 6. The van der Waals surface area contributed by atoms with E-state index in [2.05, 4.69) is 30.6 Å². The largest absolute Gasteiger partial charge is 0.364 e. The van der Waals surface area contributed by atoms with Crippen LogP contribution >= 0.6 is 11.3 Å². The number of H-pyrrole nitrogens is 1. The van der Waals surface area contributed by atoms with Gasteiger partial charge < -0.3 is 16.0 Å². The molecule has 4 aromatic heterocycles. The minimum absolute atomic E-state index is 0.108. The highest BCUT2D eigenvalue weighted by Crippen LogP contribution is 2.28. The van der Waals surface area contributed by atoms with Crippen molar-refractivity contribution in [2.75, 3.05) is 16.8 Å². The van der Waals surface area contributed by atoms with E-state index in [4.69, 9.17) is 5.73 Å². The van der Waals surface area contributed by atoms with E-state index in [1.165, 1.54) is 17.4 Å². The second kappa shape index (κ2) is 7.80. The maximum Gasteiger partial charge on any atom is 0.266 e. The van der Waals surface area contributed by atoms with E-state index in [9.17, 15) is 9.59 Å². The van der Waals surface area contributed by atoms with Gasteiger partial charge in [0.15, 0.2) is 17.4 Å². The van der Waals surface area contributed by atoms with Crippen LogP contribution in [-0.2, 0) is 11.2 Å². The van der Waals surface area contributed by atoms with Crippen molar-refractivity contribution in [2.45, 2.75) is 25.3 Å². The second-order valence-corrected chi connectivity index (χ2v) is 8.15. The van der Waals surface area contributed by atoms with Gasteiger partial charge in [-0.25, -0.2) is 9.50 Å². The summed E-state index contributed by atoms with van der Waals surface area (Å²) in [6.07, 6.45) is 5.46. The number of ketones is 1. The summed E-state index contributed by atoms with van der Waals surface area (Å²) in [6, 6.07) is 4.94. The van der Waals surface area contributed by atoms with Gasteiger partial charge in [0, 0.05) is 30.4 Å². The smallest absolute Gasteiger partial charge is 0.266 e. The Morgan fingerprint density at radius 3 is 3.06 bits per heavy atom. The number of amides is 1. The Balaban J connectivity index is 1.45. The highest BCUT2D eigenvalue weighted by molar-refractivity contribution is 7.09. The summed E-state index contributed by atoms with van der Waals surface area (Å²) in [5, 5.41) is 17.0. The predicted octanol–water partition coefficient (Wildman–Crippen LogP) is 1.53. The summed E-state index contributed by atoms with van der Waals surface area (Å²) in [5.41, 5.74) is 6.21. The van der Waals surface area contributed by atoms with Crippen LogP contribution in [0.3, 0.4) is 0 Å². The molecule has 0 aliphatic carbocycles. The number of aromatic amines is 1. The lowest BCUT2D eigenvalue weighted by Crippen LogP contribution is -2.38. The molecule has 0 bridgehead atoms. The lowest BCUT2D eigenvalue weighted by Gasteiger charge is -2.24. The van der Waals surface area contributed by atoms with Gasteiger partial charge in [-0.3, -0.25) is 14.7 Å². The number of nitrogens with two attached hydrogens (primary N) is 1. The standard InChI is InChI=1S/C19H19N9O2S/c20-17(30)11-9-15(25-24-11)22-18-13-4-2-7-28(13)26-19(23-18)27-6-1-3-12(27)14(29)10-16-21-5-8-31-16/h2,4-5,7-9,12H,1,3,6,10H2,(H2,20,30)(H2,22,23,24,25,26)/t12-/m0/s1. The summed E-state index contributed by atoms with van der Waals surface area (Å²) < 4.78 is 1.70. The number of thiazole rings is 1. The van der Waals surface area contributed by atoms with Gasteiger partial charge in [0.05, 0.1) is 17.5 Å². The molecule has 0 saturated carbocycles. The topological polar surface area (TPSA) is 147 Å². The van der Waals surface area contributed by atoms with Gasteiger partial charge in [-0.05, 0) is 25.0 Å². The highest BCUT2D eigenvalue weighted by Gasteiger charge is 2.33. The lowest BCUT2D eigenvalue weighted by atomic mass is 10.1. The zero-order valence-corrected chi connectivity index (χ0v) is 17.2. The zero-order valence-electron chi connectivity index (χ0n) is 16.4. The van der Waals surface area contributed by atoms with Gasteiger partial charge in [-0.15, -0.1) is 16.4 Å². The molecule has 0 radical (unpaired) electrons. The summed E-state index contributed by atoms with van der Waals surface area (Å²) in [7, 11) is 0. The Hall–Kier alpha value is -3.80. The molecule has 0 spiro atoms. The quantitative estimate of drug-likeness (QED) is 0.394. The molecule has 5 rings (SSSR count). The van der Waals surface area contributed by atoms with E-state index in [-0.39, 0.29) is 17.5 Å². The number of nitrogens with zero attached hydrogens (tertiary/aromatic N) is 6. The van der Waals surface area contributed by atoms with Crippen molar-refractivity contribution in [2.24, 2.45) is 5.73 Å². The normalized spacial score (nSPS) is 16.1. The predicted molar refractivity (Wildman–Crippen MR) is 115 cm³/mol. The van der Waals surface area contributed by atoms with E-state index in [0.717, 1.165) is 23.4 Å². The van der Waals surface area contributed by atoms with E-state index in [1.807, 2.05) is 28.6 Å². The van der Waals surface area contributed by atoms with Crippen molar-refractivity contribution in [1.29, 1.82) is 0 Å². The van der Waals surface area contributed by atoms with Gasteiger partial charge >= 0.3 is 0 Å². The maximum absolute atomic E-state index is 12.9. The van der Waals surface area contributed by atoms with Crippen LogP contribution in [0.15, 0.2) is 36.0 Å². The minimum atomic E-state index is -0.601. The number of nitrogens with one attached hydrogen (secondary N) is 2. The number of Topliss-reactive ketones (excluding diaryl/α,β-unsaturated/α-hetero) is 1. The molecule has 4 aromatic rings. The fraction of sp³-hybridized carbons (Fsp3) is 0.263. The van der Waals surface area contributed by atoms with Gasteiger partial charge in [0.25, 0.3) is 5.91 Å². The fourth-order valence-electron chi connectivity index (χ4n) is 3.72. The van der Waals surface area contributed by atoms with E-state index < -0.39 is 5.91 Å². The Morgan fingerprint density at radius 2 is 2.29 bits per heavy atom. The number of primary amides is 1. The van der Waals surface area contributed by atoms with Crippen LogP contribution in [0.2, 0.25) is 0 Å². The Labute approximate surface area is 180 Å². The van der Waals surface area contributed by atoms with Crippen molar-refractivity contribution >= 4 is 46.1 Å². The number of hydrogen-bond donors (Lipinski definition) is 3. The molecule has 0 aromatic carbocycles. The molecule has 31 heavy (non-hydrogen) atoms. The third-order valence-corrected chi connectivity index (χ3v) is 5.94. The molecule has 4 N–H and O–H groups in total. The van der Waals surface area contributed by atoms with Crippen LogP contribution in [0.4, 0.5) is 17.6 Å². The molecule has 12 heteroatoms. The first kappa shape index (κ1) is 19.2. The number of carbonyl (C=O) groups excluding carboxylic acids is 2.